The molecule has 2 rings (SSSR count). The lowest BCUT2D eigenvalue weighted by molar-refractivity contribution is -0.383. The molecule has 0 aliphatic heterocycles. The van der Waals surface area contributed by atoms with Crippen LogP contribution < -0.4 is 4.90 Å². The second kappa shape index (κ2) is 6.16. The minimum absolute atomic E-state index is 0.0180. The maximum absolute atomic E-state index is 11.6. The van der Waals surface area contributed by atoms with Gasteiger partial charge in [0.25, 0.3) is 0 Å². The van der Waals surface area contributed by atoms with Crippen molar-refractivity contribution in [3.8, 4) is 0 Å². The Bertz CT molecular complexity index is 669. The van der Waals surface area contributed by atoms with E-state index in [0.29, 0.717) is 12.2 Å². The fourth-order valence-electron chi connectivity index (χ4n) is 1.97. The Balaban J connectivity index is 2.41. The van der Waals surface area contributed by atoms with Gasteiger partial charge in [0, 0.05) is 12.6 Å². The predicted molar refractivity (Wildman–Crippen MR) is 73.0 cm³/mol. The van der Waals surface area contributed by atoms with Gasteiger partial charge in [-0.1, -0.05) is 0 Å². The molecular formula is C12H14N4O5. The number of hydrogen-bond donors (Lipinski definition) is 0. The van der Waals surface area contributed by atoms with E-state index in [9.17, 15) is 14.9 Å². The van der Waals surface area contributed by atoms with Crippen molar-refractivity contribution in [3.05, 3.63) is 22.2 Å². The molecule has 1 heterocycles. The zero-order valence-electron chi connectivity index (χ0n) is 11.6. The molecule has 9 heteroatoms. The number of likely N-dealkylation sites (N-methyl/N-ethyl adjacent to an activating group) is 1. The highest BCUT2D eigenvalue weighted by molar-refractivity contribution is 5.94. The van der Waals surface area contributed by atoms with Crippen molar-refractivity contribution in [3.63, 3.8) is 0 Å². The van der Waals surface area contributed by atoms with Crippen molar-refractivity contribution in [1.82, 2.24) is 10.3 Å². The van der Waals surface area contributed by atoms with E-state index >= 15 is 0 Å². The molecule has 0 aliphatic carbocycles. The molecule has 1 aromatic carbocycles. The minimum atomic E-state index is -0.558. The van der Waals surface area contributed by atoms with Crippen LogP contribution in [0.25, 0.3) is 11.0 Å². The Hall–Kier alpha value is -2.71. The van der Waals surface area contributed by atoms with Gasteiger partial charge in [-0.25, -0.2) is 4.63 Å². The summed E-state index contributed by atoms with van der Waals surface area (Å²) < 4.78 is 9.50. The molecule has 2 aromatic rings. The number of aromatic nitrogens is 2. The third kappa shape index (κ3) is 2.91. The van der Waals surface area contributed by atoms with Gasteiger partial charge in [0.2, 0.25) is 5.52 Å². The molecule has 0 saturated heterocycles. The van der Waals surface area contributed by atoms with E-state index in [-0.39, 0.29) is 35.8 Å². The standard InChI is InChI=1S/C12H14N4O5/c1-3-15(7-10(17)20-4-2)8-5-6-9(16(18)19)12-11(8)13-21-14-12/h5-6H,3-4,7H2,1-2H3. The fourth-order valence-corrected chi connectivity index (χ4v) is 1.97. The Kier molecular flexibility index (Phi) is 4.31. The molecule has 0 unspecified atom stereocenters. The van der Waals surface area contributed by atoms with Gasteiger partial charge >= 0.3 is 11.7 Å². The van der Waals surface area contributed by atoms with E-state index in [0.717, 1.165) is 0 Å². The summed E-state index contributed by atoms with van der Waals surface area (Å²) in [5.41, 5.74) is 0.643. The van der Waals surface area contributed by atoms with Gasteiger partial charge in [-0.2, -0.15) is 0 Å². The van der Waals surface area contributed by atoms with E-state index in [1.54, 1.807) is 11.8 Å². The average Bonchev–Trinajstić information content (AvgIpc) is 2.93. The van der Waals surface area contributed by atoms with Crippen LogP contribution in [0, 0.1) is 10.1 Å². The van der Waals surface area contributed by atoms with Gasteiger partial charge in [0.1, 0.15) is 6.54 Å². The lowest BCUT2D eigenvalue weighted by atomic mass is 10.2. The number of benzene rings is 1. The normalized spacial score (nSPS) is 10.6. The highest BCUT2D eigenvalue weighted by Gasteiger charge is 2.23. The van der Waals surface area contributed by atoms with Gasteiger partial charge in [-0.15, -0.1) is 0 Å². The largest absolute Gasteiger partial charge is 0.465 e. The molecule has 0 radical (unpaired) electrons. The lowest BCUT2D eigenvalue weighted by Gasteiger charge is -2.21. The number of ether oxygens (including phenoxy) is 1. The lowest BCUT2D eigenvalue weighted by Crippen LogP contribution is -2.31. The summed E-state index contributed by atoms with van der Waals surface area (Å²) >= 11 is 0. The van der Waals surface area contributed by atoms with E-state index < -0.39 is 4.92 Å². The Morgan fingerprint density at radius 1 is 1.38 bits per heavy atom. The first-order valence-electron chi connectivity index (χ1n) is 6.38. The van der Waals surface area contributed by atoms with Gasteiger partial charge in [0.05, 0.1) is 17.2 Å². The highest BCUT2D eigenvalue weighted by Crippen LogP contribution is 2.30. The number of fused-ring (bicyclic) bond motifs is 1. The second-order valence-corrected chi connectivity index (χ2v) is 4.14. The molecule has 0 saturated carbocycles. The molecule has 9 nitrogen and oxygen atoms in total. The summed E-state index contributed by atoms with van der Waals surface area (Å²) in [7, 11) is 0. The monoisotopic (exact) mass is 294 g/mol. The number of nitro groups is 1. The van der Waals surface area contributed by atoms with Crippen LogP contribution >= 0.6 is 0 Å². The Labute approximate surface area is 119 Å². The van der Waals surface area contributed by atoms with Crippen LogP contribution in [0.5, 0.6) is 0 Å². The number of nitro benzene ring substituents is 1. The minimum Gasteiger partial charge on any atom is -0.465 e. The van der Waals surface area contributed by atoms with Crippen molar-refractivity contribution >= 4 is 28.4 Å². The van der Waals surface area contributed by atoms with Crippen LogP contribution in [0.1, 0.15) is 13.8 Å². The van der Waals surface area contributed by atoms with E-state index in [2.05, 4.69) is 14.9 Å². The quantitative estimate of drug-likeness (QED) is 0.448. The molecule has 112 valence electrons. The topological polar surface area (TPSA) is 112 Å². The molecule has 0 spiro atoms. The van der Waals surface area contributed by atoms with Crippen LogP contribution in [0.3, 0.4) is 0 Å². The Morgan fingerprint density at radius 3 is 2.71 bits per heavy atom. The average molecular weight is 294 g/mol. The van der Waals surface area contributed by atoms with Crippen LogP contribution in [0.2, 0.25) is 0 Å². The summed E-state index contributed by atoms with van der Waals surface area (Å²) in [5, 5.41) is 18.2. The third-order valence-electron chi connectivity index (χ3n) is 2.92. The molecule has 0 fully saturated rings. The molecule has 1 aromatic heterocycles. The SMILES string of the molecule is CCOC(=O)CN(CC)c1ccc([N+](=O)[O-])c2nonc12. The first-order valence-corrected chi connectivity index (χ1v) is 6.38. The summed E-state index contributed by atoms with van der Waals surface area (Å²) in [6.07, 6.45) is 0. The molecule has 21 heavy (non-hydrogen) atoms. The predicted octanol–water partition coefficient (Wildman–Crippen LogP) is 1.52. The number of carbonyl (C=O) groups excluding carboxylic acids is 1. The van der Waals surface area contributed by atoms with Crippen LogP contribution in [0.4, 0.5) is 11.4 Å². The number of rotatable bonds is 6. The molecule has 0 N–H and O–H groups in total. The van der Waals surface area contributed by atoms with Crippen molar-refractivity contribution in [1.29, 1.82) is 0 Å². The zero-order valence-corrected chi connectivity index (χ0v) is 11.6. The molecule has 0 amide bonds. The van der Waals surface area contributed by atoms with Crippen molar-refractivity contribution in [2.45, 2.75) is 13.8 Å². The van der Waals surface area contributed by atoms with Crippen molar-refractivity contribution < 1.29 is 19.1 Å². The Morgan fingerprint density at radius 2 is 2.10 bits per heavy atom. The molecule has 0 atom stereocenters. The second-order valence-electron chi connectivity index (χ2n) is 4.14. The third-order valence-corrected chi connectivity index (χ3v) is 2.92. The van der Waals surface area contributed by atoms with Crippen molar-refractivity contribution in [2.75, 3.05) is 24.6 Å². The summed E-state index contributed by atoms with van der Waals surface area (Å²) in [6.45, 7) is 4.38. The number of non-ortho nitro benzene ring substituents is 1. The smallest absolute Gasteiger partial charge is 0.325 e. The van der Waals surface area contributed by atoms with Gasteiger partial charge in [-0.05, 0) is 30.2 Å². The maximum atomic E-state index is 11.6. The molecule has 0 bridgehead atoms. The summed E-state index contributed by atoms with van der Waals surface area (Å²) in [6, 6.07) is 2.84. The van der Waals surface area contributed by atoms with E-state index in [1.807, 2.05) is 6.92 Å². The van der Waals surface area contributed by atoms with Gasteiger partial charge in [-0.3, -0.25) is 14.9 Å². The number of hydrogen-bond acceptors (Lipinski definition) is 8. The van der Waals surface area contributed by atoms with E-state index in [4.69, 9.17) is 4.74 Å². The number of anilines is 1. The fraction of sp³-hybridized carbons (Fsp3) is 0.417. The molecule has 0 aliphatic rings. The first-order chi connectivity index (χ1) is 10.1. The summed E-state index contributed by atoms with van der Waals surface area (Å²) in [5.74, 6) is -0.387. The van der Waals surface area contributed by atoms with Crippen LogP contribution in [-0.4, -0.2) is 40.9 Å². The van der Waals surface area contributed by atoms with Crippen LogP contribution in [-0.2, 0) is 9.53 Å². The number of nitrogens with zero attached hydrogens (tertiary/aromatic N) is 4. The van der Waals surface area contributed by atoms with E-state index in [1.165, 1.54) is 12.1 Å². The van der Waals surface area contributed by atoms with Gasteiger partial charge in [0.15, 0.2) is 5.52 Å². The van der Waals surface area contributed by atoms with Crippen molar-refractivity contribution in [2.24, 2.45) is 0 Å². The molecular weight excluding hydrogens is 280 g/mol. The summed E-state index contributed by atoms with van der Waals surface area (Å²) in [4.78, 5) is 23.7. The van der Waals surface area contributed by atoms with Crippen LogP contribution in [0.15, 0.2) is 16.8 Å². The zero-order chi connectivity index (χ0) is 15.4. The highest BCUT2D eigenvalue weighted by atomic mass is 16.6. The number of esters is 1. The van der Waals surface area contributed by atoms with Gasteiger partial charge < -0.3 is 9.64 Å². The first kappa shape index (κ1) is 14.7. The maximum Gasteiger partial charge on any atom is 0.325 e. The number of carbonyl (C=O) groups is 1.